The standard InChI is InChI=1S/C17H17N3O3S2/c1-12-3-5-15(6-4-12)25(22,23)20-8-7-14(11-20)17(21)19-10-16-18-9-13(2)24-16/h3-9,11H,10H2,1-2H3,(H,19,21). The van der Waals surface area contributed by atoms with Gasteiger partial charge in [0.15, 0.2) is 0 Å². The third-order valence-electron chi connectivity index (χ3n) is 3.60. The molecule has 0 saturated heterocycles. The molecule has 0 unspecified atom stereocenters. The Hall–Kier alpha value is -2.45. The molecule has 0 aliphatic carbocycles. The van der Waals surface area contributed by atoms with Crippen LogP contribution in [0.4, 0.5) is 0 Å². The molecule has 0 radical (unpaired) electrons. The zero-order chi connectivity index (χ0) is 18.0. The molecular formula is C17H17N3O3S2. The number of benzene rings is 1. The van der Waals surface area contributed by atoms with E-state index in [0.717, 1.165) is 19.4 Å². The van der Waals surface area contributed by atoms with Gasteiger partial charge in [-0.2, -0.15) is 0 Å². The average molecular weight is 375 g/mol. The van der Waals surface area contributed by atoms with Gasteiger partial charge in [0.2, 0.25) is 0 Å². The van der Waals surface area contributed by atoms with Crippen molar-refractivity contribution in [3.05, 3.63) is 69.9 Å². The number of aromatic nitrogens is 2. The molecule has 3 aromatic rings. The number of carbonyl (C=O) groups is 1. The van der Waals surface area contributed by atoms with Gasteiger partial charge in [-0.05, 0) is 32.0 Å². The van der Waals surface area contributed by atoms with E-state index < -0.39 is 10.0 Å². The molecule has 6 nitrogen and oxygen atoms in total. The third-order valence-corrected chi connectivity index (χ3v) is 6.16. The van der Waals surface area contributed by atoms with Crippen molar-refractivity contribution in [1.82, 2.24) is 14.3 Å². The van der Waals surface area contributed by atoms with Gasteiger partial charge in [-0.3, -0.25) is 4.79 Å². The second kappa shape index (κ2) is 6.81. The van der Waals surface area contributed by atoms with E-state index in [0.29, 0.717) is 6.54 Å². The number of hydrogen-bond donors (Lipinski definition) is 1. The van der Waals surface area contributed by atoms with Crippen LogP contribution in [0.1, 0.15) is 25.8 Å². The van der Waals surface area contributed by atoms with E-state index in [2.05, 4.69) is 10.3 Å². The first-order valence-corrected chi connectivity index (χ1v) is 9.82. The molecule has 1 aromatic carbocycles. The van der Waals surface area contributed by atoms with Crippen LogP contribution < -0.4 is 5.32 Å². The predicted octanol–water partition coefficient (Wildman–Crippen LogP) is 2.73. The molecule has 1 amide bonds. The summed E-state index contributed by atoms with van der Waals surface area (Å²) >= 11 is 1.51. The number of aryl methyl sites for hydroxylation is 2. The van der Waals surface area contributed by atoms with Crippen LogP contribution in [-0.4, -0.2) is 23.3 Å². The molecule has 0 aliphatic heterocycles. The Morgan fingerprint density at radius 3 is 2.56 bits per heavy atom. The van der Waals surface area contributed by atoms with Crippen LogP contribution in [0.15, 0.2) is 53.8 Å². The van der Waals surface area contributed by atoms with Crippen molar-refractivity contribution in [2.45, 2.75) is 25.3 Å². The Kier molecular flexibility index (Phi) is 4.73. The van der Waals surface area contributed by atoms with Gasteiger partial charge in [-0.1, -0.05) is 17.7 Å². The van der Waals surface area contributed by atoms with E-state index in [9.17, 15) is 13.2 Å². The number of hydrogen-bond acceptors (Lipinski definition) is 5. The number of carbonyl (C=O) groups excluding carboxylic acids is 1. The highest BCUT2D eigenvalue weighted by Crippen LogP contribution is 2.16. The van der Waals surface area contributed by atoms with Crippen LogP contribution in [0.25, 0.3) is 0 Å². The molecule has 0 fully saturated rings. The number of nitrogens with one attached hydrogen (secondary N) is 1. The Bertz CT molecular complexity index is 1000. The molecular weight excluding hydrogens is 358 g/mol. The van der Waals surface area contributed by atoms with Gasteiger partial charge < -0.3 is 5.32 Å². The quantitative estimate of drug-likeness (QED) is 0.743. The summed E-state index contributed by atoms with van der Waals surface area (Å²) in [5.74, 6) is -0.342. The van der Waals surface area contributed by atoms with Crippen molar-refractivity contribution in [3.8, 4) is 0 Å². The Balaban J connectivity index is 1.75. The second-order valence-electron chi connectivity index (χ2n) is 5.60. The highest BCUT2D eigenvalue weighted by Gasteiger charge is 2.18. The van der Waals surface area contributed by atoms with Crippen molar-refractivity contribution < 1.29 is 13.2 Å². The minimum Gasteiger partial charge on any atom is -0.345 e. The summed E-state index contributed by atoms with van der Waals surface area (Å²) in [6, 6.07) is 8.05. The maximum atomic E-state index is 12.6. The molecule has 0 bridgehead atoms. The Morgan fingerprint density at radius 1 is 1.20 bits per heavy atom. The summed E-state index contributed by atoms with van der Waals surface area (Å²) < 4.78 is 26.2. The lowest BCUT2D eigenvalue weighted by Crippen LogP contribution is -2.22. The lowest BCUT2D eigenvalue weighted by atomic mass is 10.2. The zero-order valence-corrected chi connectivity index (χ0v) is 15.4. The molecule has 0 aliphatic rings. The van der Waals surface area contributed by atoms with Crippen LogP contribution in [0.3, 0.4) is 0 Å². The van der Waals surface area contributed by atoms with Gasteiger partial charge in [0.05, 0.1) is 17.0 Å². The summed E-state index contributed by atoms with van der Waals surface area (Å²) in [4.78, 5) is 17.6. The first kappa shape index (κ1) is 17.4. The minimum atomic E-state index is -3.71. The van der Waals surface area contributed by atoms with Gasteiger partial charge in [0.1, 0.15) is 5.01 Å². The first-order chi connectivity index (χ1) is 11.9. The van der Waals surface area contributed by atoms with Crippen LogP contribution in [0.2, 0.25) is 0 Å². The second-order valence-corrected chi connectivity index (χ2v) is 8.76. The van der Waals surface area contributed by atoms with Crippen molar-refractivity contribution in [1.29, 1.82) is 0 Å². The fourth-order valence-corrected chi connectivity index (χ4v) is 4.16. The summed E-state index contributed by atoms with van der Waals surface area (Å²) in [5, 5.41) is 3.54. The van der Waals surface area contributed by atoms with E-state index in [1.807, 2.05) is 13.8 Å². The van der Waals surface area contributed by atoms with E-state index in [1.165, 1.54) is 29.8 Å². The predicted molar refractivity (Wildman–Crippen MR) is 96.2 cm³/mol. The fourth-order valence-electron chi connectivity index (χ4n) is 2.23. The number of rotatable bonds is 5. The van der Waals surface area contributed by atoms with Crippen molar-refractivity contribution >= 4 is 27.3 Å². The maximum absolute atomic E-state index is 12.6. The molecule has 2 heterocycles. The smallest absolute Gasteiger partial charge is 0.267 e. The van der Waals surface area contributed by atoms with Crippen LogP contribution >= 0.6 is 11.3 Å². The maximum Gasteiger partial charge on any atom is 0.267 e. The fraction of sp³-hybridized carbons (Fsp3) is 0.176. The Morgan fingerprint density at radius 2 is 1.92 bits per heavy atom. The van der Waals surface area contributed by atoms with Gasteiger partial charge >= 0.3 is 0 Å². The molecule has 130 valence electrons. The summed E-state index contributed by atoms with van der Waals surface area (Å²) in [5.41, 5.74) is 1.26. The molecule has 0 saturated carbocycles. The normalized spacial score (nSPS) is 11.4. The van der Waals surface area contributed by atoms with Crippen LogP contribution in [0, 0.1) is 13.8 Å². The highest BCUT2D eigenvalue weighted by molar-refractivity contribution is 7.90. The third kappa shape index (κ3) is 3.80. The van der Waals surface area contributed by atoms with Gasteiger partial charge in [-0.15, -0.1) is 11.3 Å². The van der Waals surface area contributed by atoms with Gasteiger partial charge in [0, 0.05) is 23.5 Å². The largest absolute Gasteiger partial charge is 0.345 e. The lowest BCUT2D eigenvalue weighted by Gasteiger charge is -2.06. The van der Waals surface area contributed by atoms with E-state index in [4.69, 9.17) is 0 Å². The molecule has 1 N–H and O–H groups in total. The van der Waals surface area contributed by atoms with E-state index in [-0.39, 0.29) is 16.4 Å². The summed E-state index contributed by atoms with van der Waals surface area (Å²) in [6.45, 7) is 4.14. The summed E-state index contributed by atoms with van der Waals surface area (Å²) in [6.07, 6.45) is 4.44. The average Bonchev–Trinajstić information content (AvgIpc) is 3.22. The molecule has 3 rings (SSSR count). The van der Waals surface area contributed by atoms with Crippen molar-refractivity contribution in [2.75, 3.05) is 0 Å². The first-order valence-electron chi connectivity index (χ1n) is 7.56. The Labute approximate surface area is 150 Å². The molecule has 2 aromatic heterocycles. The summed E-state index contributed by atoms with van der Waals surface area (Å²) in [7, 11) is -3.71. The zero-order valence-electron chi connectivity index (χ0n) is 13.8. The molecule has 8 heteroatoms. The van der Waals surface area contributed by atoms with Gasteiger partial charge in [-0.25, -0.2) is 17.4 Å². The minimum absolute atomic E-state index is 0.180. The number of amides is 1. The van der Waals surface area contributed by atoms with E-state index >= 15 is 0 Å². The monoisotopic (exact) mass is 375 g/mol. The van der Waals surface area contributed by atoms with Crippen molar-refractivity contribution in [2.24, 2.45) is 0 Å². The molecule has 25 heavy (non-hydrogen) atoms. The number of nitrogens with zero attached hydrogens (tertiary/aromatic N) is 2. The van der Waals surface area contributed by atoms with Crippen LogP contribution in [0.5, 0.6) is 0 Å². The topological polar surface area (TPSA) is 81.1 Å². The van der Waals surface area contributed by atoms with E-state index in [1.54, 1.807) is 30.5 Å². The molecule has 0 spiro atoms. The number of thiazole rings is 1. The van der Waals surface area contributed by atoms with Crippen molar-refractivity contribution in [3.63, 3.8) is 0 Å². The van der Waals surface area contributed by atoms with Crippen LogP contribution in [-0.2, 0) is 16.6 Å². The molecule has 0 atom stereocenters. The van der Waals surface area contributed by atoms with Gasteiger partial charge in [0.25, 0.3) is 15.9 Å². The SMILES string of the molecule is Cc1ccc(S(=O)(=O)n2ccc(C(=O)NCc3ncc(C)s3)c2)cc1. The highest BCUT2D eigenvalue weighted by atomic mass is 32.2. The lowest BCUT2D eigenvalue weighted by molar-refractivity contribution is 0.0951.